The molecule has 1 aromatic carbocycles. The molecule has 0 bridgehead atoms. The first-order chi connectivity index (χ1) is 12.6. The summed E-state index contributed by atoms with van der Waals surface area (Å²) < 4.78 is 0. The number of benzene rings is 1. The maximum absolute atomic E-state index is 13.0. The average Bonchev–Trinajstić information content (AvgIpc) is 2.94. The molecule has 6 heteroatoms. The monoisotopic (exact) mass is 390 g/mol. The molecule has 2 aliphatic rings. The minimum atomic E-state index is 0. The second kappa shape index (κ2) is 9.96. The van der Waals surface area contributed by atoms with Crippen LogP contribution in [0.25, 0.3) is 0 Å². The van der Waals surface area contributed by atoms with E-state index in [0.29, 0.717) is 17.5 Å². The topological polar surface area (TPSA) is 50.6 Å². The number of hydrogen-bond donors (Lipinski definition) is 0. The number of carbonyl (C=O) groups excluding carboxylic acids is 1. The van der Waals surface area contributed by atoms with Gasteiger partial charge in [-0.05, 0) is 57.4 Å². The number of nitriles is 1. The van der Waals surface area contributed by atoms with Crippen LogP contribution in [0, 0.1) is 17.2 Å². The Bertz CT molecular complexity index is 647. The van der Waals surface area contributed by atoms with Gasteiger partial charge in [-0.15, -0.1) is 12.4 Å². The molecule has 0 unspecified atom stereocenters. The van der Waals surface area contributed by atoms with Crippen LogP contribution in [0.15, 0.2) is 24.3 Å². The molecule has 0 radical (unpaired) electrons. The lowest BCUT2D eigenvalue weighted by atomic mass is 9.94. The molecule has 0 atom stereocenters. The highest BCUT2D eigenvalue weighted by Crippen LogP contribution is 2.25. The van der Waals surface area contributed by atoms with E-state index in [1.165, 1.54) is 0 Å². The fraction of sp³-hybridized carbons (Fsp3) is 0.619. The van der Waals surface area contributed by atoms with Gasteiger partial charge in [0.1, 0.15) is 0 Å². The third kappa shape index (κ3) is 5.37. The Labute approximate surface area is 169 Å². The third-order valence-electron chi connectivity index (χ3n) is 5.78. The molecular weight excluding hydrogens is 360 g/mol. The van der Waals surface area contributed by atoms with Crippen molar-refractivity contribution in [3.8, 4) is 6.07 Å². The quantitative estimate of drug-likeness (QED) is 0.795. The molecule has 5 nitrogen and oxygen atoms in total. The number of piperidine rings is 1. The first-order valence-electron chi connectivity index (χ1n) is 9.86. The van der Waals surface area contributed by atoms with Crippen molar-refractivity contribution in [1.82, 2.24) is 9.80 Å². The van der Waals surface area contributed by atoms with Gasteiger partial charge in [0.15, 0.2) is 0 Å². The highest BCUT2D eigenvalue weighted by molar-refractivity contribution is 5.85. The second-order valence-electron chi connectivity index (χ2n) is 7.73. The number of anilines is 1. The molecule has 2 saturated heterocycles. The third-order valence-corrected chi connectivity index (χ3v) is 5.78. The molecule has 0 N–H and O–H groups in total. The van der Waals surface area contributed by atoms with Gasteiger partial charge < -0.3 is 9.80 Å². The van der Waals surface area contributed by atoms with Crippen LogP contribution in [0.3, 0.4) is 0 Å². The molecule has 0 spiro atoms. The summed E-state index contributed by atoms with van der Waals surface area (Å²) in [5.41, 5.74) is 1.84. The average molecular weight is 391 g/mol. The number of carbonyl (C=O) groups is 1. The predicted molar refractivity (Wildman–Crippen MR) is 111 cm³/mol. The Kier molecular flexibility index (Phi) is 7.94. The molecule has 0 saturated carbocycles. The van der Waals surface area contributed by atoms with Crippen molar-refractivity contribution in [2.24, 2.45) is 5.92 Å². The molecule has 0 aromatic heterocycles. The summed E-state index contributed by atoms with van der Waals surface area (Å²) in [5.74, 6) is 0.519. The molecular formula is C21H31ClN4O. The highest BCUT2D eigenvalue weighted by atomic mass is 35.5. The zero-order chi connectivity index (χ0) is 18.5. The standard InChI is InChI=1S/C21H30N4O.ClH/c1-17(2)23-10-3-11-25(15-14-23)21(26)19-8-12-24(13-9-19)20-6-4-18(16-22)5-7-20;/h4-7,17,19H,3,8-15H2,1-2H3;1H. The van der Waals surface area contributed by atoms with Crippen molar-refractivity contribution in [2.45, 2.75) is 39.2 Å². The van der Waals surface area contributed by atoms with Gasteiger partial charge in [0, 0.05) is 56.9 Å². The zero-order valence-corrected chi connectivity index (χ0v) is 17.2. The Morgan fingerprint density at radius 2 is 1.70 bits per heavy atom. The summed E-state index contributed by atoms with van der Waals surface area (Å²) >= 11 is 0. The molecule has 27 heavy (non-hydrogen) atoms. The van der Waals surface area contributed by atoms with E-state index in [-0.39, 0.29) is 18.3 Å². The minimum absolute atomic E-state index is 0. The first-order valence-corrected chi connectivity index (χ1v) is 9.86. The Morgan fingerprint density at radius 3 is 2.30 bits per heavy atom. The predicted octanol–water partition coefficient (Wildman–Crippen LogP) is 3.14. The lowest BCUT2D eigenvalue weighted by Crippen LogP contribution is -2.44. The van der Waals surface area contributed by atoms with Crippen molar-refractivity contribution in [1.29, 1.82) is 5.26 Å². The molecule has 3 rings (SSSR count). The largest absolute Gasteiger partial charge is 0.371 e. The van der Waals surface area contributed by atoms with Crippen molar-refractivity contribution in [2.75, 3.05) is 44.2 Å². The normalized spacial score (nSPS) is 19.3. The van der Waals surface area contributed by atoms with Gasteiger partial charge in [0.25, 0.3) is 0 Å². The van der Waals surface area contributed by atoms with Crippen LogP contribution < -0.4 is 4.90 Å². The second-order valence-corrected chi connectivity index (χ2v) is 7.73. The van der Waals surface area contributed by atoms with E-state index in [0.717, 1.165) is 64.2 Å². The Morgan fingerprint density at radius 1 is 1.04 bits per heavy atom. The van der Waals surface area contributed by atoms with Gasteiger partial charge in [0.2, 0.25) is 5.91 Å². The number of rotatable bonds is 3. The van der Waals surface area contributed by atoms with E-state index in [9.17, 15) is 4.79 Å². The molecule has 0 aliphatic carbocycles. The number of halogens is 1. The van der Waals surface area contributed by atoms with Crippen LogP contribution in [0.5, 0.6) is 0 Å². The van der Waals surface area contributed by atoms with E-state index in [1.807, 2.05) is 24.3 Å². The number of amides is 1. The van der Waals surface area contributed by atoms with Crippen LogP contribution in [-0.4, -0.2) is 61.0 Å². The SMILES string of the molecule is CC(C)N1CCCN(C(=O)C2CCN(c3ccc(C#N)cc3)CC2)CC1.Cl. The van der Waals surface area contributed by atoms with Crippen LogP contribution in [0.2, 0.25) is 0 Å². The fourth-order valence-corrected chi connectivity index (χ4v) is 4.06. The van der Waals surface area contributed by atoms with Crippen molar-refractivity contribution >= 4 is 24.0 Å². The molecule has 1 amide bonds. The van der Waals surface area contributed by atoms with Crippen LogP contribution in [-0.2, 0) is 4.79 Å². The Hall–Kier alpha value is -1.77. The number of hydrogen-bond acceptors (Lipinski definition) is 4. The maximum atomic E-state index is 13.0. The first kappa shape index (κ1) is 21.5. The highest BCUT2D eigenvalue weighted by Gasteiger charge is 2.30. The molecule has 2 heterocycles. The van der Waals surface area contributed by atoms with Gasteiger partial charge in [-0.3, -0.25) is 9.69 Å². The van der Waals surface area contributed by atoms with Crippen molar-refractivity contribution in [3.63, 3.8) is 0 Å². The van der Waals surface area contributed by atoms with Gasteiger partial charge in [-0.2, -0.15) is 5.26 Å². The van der Waals surface area contributed by atoms with Gasteiger partial charge >= 0.3 is 0 Å². The fourth-order valence-electron chi connectivity index (χ4n) is 4.06. The van der Waals surface area contributed by atoms with E-state index >= 15 is 0 Å². The van der Waals surface area contributed by atoms with Gasteiger partial charge in [-0.1, -0.05) is 0 Å². The van der Waals surface area contributed by atoms with Gasteiger partial charge in [0.05, 0.1) is 11.6 Å². The summed E-state index contributed by atoms with van der Waals surface area (Å²) in [6.45, 7) is 10.1. The van der Waals surface area contributed by atoms with E-state index in [2.05, 4.69) is 34.6 Å². The van der Waals surface area contributed by atoms with Crippen molar-refractivity contribution < 1.29 is 4.79 Å². The molecule has 2 fully saturated rings. The minimum Gasteiger partial charge on any atom is -0.371 e. The summed E-state index contributed by atoms with van der Waals surface area (Å²) in [4.78, 5) is 19.9. The number of nitrogens with zero attached hydrogens (tertiary/aromatic N) is 4. The zero-order valence-electron chi connectivity index (χ0n) is 16.4. The van der Waals surface area contributed by atoms with Gasteiger partial charge in [-0.25, -0.2) is 0 Å². The lowest BCUT2D eigenvalue weighted by molar-refractivity contribution is -0.136. The van der Waals surface area contributed by atoms with E-state index in [4.69, 9.17) is 5.26 Å². The van der Waals surface area contributed by atoms with Crippen molar-refractivity contribution in [3.05, 3.63) is 29.8 Å². The summed E-state index contributed by atoms with van der Waals surface area (Å²) in [5, 5.41) is 8.92. The summed E-state index contributed by atoms with van der Waals surface area (Å²) in [7, 11) is 0. The van der Waals surface area contributed by atoms with Crippen LogP contribution >= 0.6 is 12.4 Å². The molecule has 148 valence electrons. The Balaban J connectivity index is 0.00000261. The lowest BCUT2D eigenvalue weighted by Gasteiger charge is -2.35. The van der Waals surface area contributed by atoms with Crippen LogP contribution in [0.4, 0.5) is 5.69 Å². The maximum Gasteiger partial charge on any atom is 0.225 e. The summed E-state index contributed by atoms with van der Waals surface area (Å²) in [6, 6.07) is 10.5. The molecule has 1 aromatic rings. The van der Waals surface area contributed by atoms with E-state index < -0.39 is 0 Å². The molecule has 2 aliphatic heterocycles. The van der Waals surface area contributed by atoms with E-state index in [1.54, 1.807) is 0 Å². The van der Waals surface area contributed by atoms with Crippen LogP contribution in [0.1, 0.15) is 38.7 Å². The smallest absolute Gasteiger partial charge is 0.225 e. The summed E-state index contributed by atoms with van der Waals surface area (Å²) in [6.07, 6.45) is 2.92.